The molecule has 0 unspecified atom stereocenters. The van der Waals surface area contributed by atoms with Gasteiger partial charge in [0.1, 0.15) is 20.0 Å². The van der Waals surface area contributed by atoms with Crippen molar-refractivity contribution >= 4 is 121 Å². The normalized spacial score (nSPS) is 24.7. The van der Waals surface area contributed by atoms with Crippen molar-refractivity contribution in [2.75, 3.05) is 137 Å². The molecular weight excluding hydrogens is 1660 g/mol. The monoisotopic (exact) mass is 1770 g/mol. The first-order valence-electron chi connectivity index (χ1n) is 40.2. The SMILES string of the molecule is C.C.CCCC[N+](CCCC)(CCCC)CCCC.O=C1N(O)[C@@H]2CC[C@@H](c3nnc(N4CCCCC4)s3)N1C2.O=C1N2C[C@@H](CC[C@H]2c2nnc(N3CCCCC3)s2)N1OS(=O)(=O)[O-].O=C1N2C[C@@H](CC[C@H]2c2nnc(N3CCCCC3)s2)N1OS(=O)(=O)[O-].O=C1N2C[C@@H](CC[C@H]2c2nnc(N3CCNCC3)s2)N1OS(=O)(=O)O.[Na+]. The molecule has 8 amide bonds. The molecule has 8 atom stereocenters. The predicted molar refractivity (Wildman–Crippen MR) is 431 cm³/mol. The summed E-state index contributed by atoms with van der Waals surface area (Å²) < 4.78 is 110. The van der Waals surface area contributed by atoms with E-state index in [1.165, 1.54) is 163 Å². The third-order valence-electron chi connectivity index (χ3n) is 22.9. The van der Waals surface area contributed by atoms with E-state index in [0.717, 1.165) is 155 Å². The maximum absolute atomic E-state index is 12.4. The zero-order valence-electron chi connectivity index (χ0n) is 65.8. The van der Waals surface area contributed by atoms with Crippen LogP contribution in [0.25, 0.3) is 0 Å². The topological polar surface area (TPSA) is 439 Å². The molecular formula is C69H117N22NaO17S7. The smallest absolute Gasteiger partial charge is 0.724 e. The molecule has 16 rings (SSSR count). The molecule has 116 heavy (non-hydrogen) atoms. The summed E-state index contributed by atoms with van der Waals surface area (Å²) in [7, 11) is -14.7. The van der Waals surface area contributed by atoms with Gasteiger partial charge in [0.2, 0.25) is 41.3 Å². The number of piperidine rings is 7. The van der Waals surface area contributed by atoms with Gasteiger partial charge in [0, 0.05) is 91.6 Å². The number of unbranched alkanes of at least 4 members (excludes halogenated alkanes) is 4. The van der Waals surface area contributed by atoms with E-state index in [1.54, 1.807) is 16.2 Å². The summed E-state index contributed by atoms with van der Waals surface area (Å²) in [6, 6.07) is -4.21. The van der Waals surface area contributed by atoms with E-state index in [-0.39, 0.29) is 80.7 Å². The van der Waals surface area contributed by atoms with Crippen molar-refractivity contribution in [2.45, 2.75) is 251 Å². The largest absolute Gasteiger partial charge is 1.00 e. The third-order valence-corrected chi connectivity index (χ3v) is 28.3. The third kappa shape index (κ3) is 24.0. The van der Waals surface area contributed by atoms with Crippen LogP contribution in [0.2, 0.25) is 0 Å². The van der Waals surface area contributed by atoms with Gasteiger partial charge < -0.3 is 58.1 Å². The van der Waals surface area contributed by atoms with Crippen LogP contribution >= 0.6 is 45.3 Å². The number of piperazine rings is 1. The summed E-state index contributed by atoms with van der Waals surface area (Å²) in [6.45, 7) is 26.1. The van der Waals surface area contributed by atoms with Gasteiger partial charge >= 0.3 is 64.1 Å². The van der Waals surface area contributed by atoms with Crippen LogP contribution in [0.3, 0.4) is 0 Å². The van der Waals surface area contributed by atoms with E-state index in [2.05, 4.69) is 106 Å². The Bertz CT molecular complexity index is 3810. The number of carbonyl (C=O) groups is 4. The molecule has 12 fully saturated rings. The first kappa shape index (κ1) is 94.9. The van der Waals surface area contributed by atoms with E-state index in [1.807, 2.05) is 0 Å². The molecule has 12 aliphatic heterocycles. The fourth-order valence-electron chi connectivity index (χ4n) is 16.9. The van der Waals surface area contributed by atoms with Crippen molar-refractivity contribution in [3.8, 4) is 0 Å². The summed E-state index contributed by atoms with van der Waals surface area (Å²) in [4.78, 5) is 64.5. The van der Waals surface area contributed by atoms with Crippen LogP contribution in [0.15, 0.2) is 0 Å². The van der Waals surface area contributed by atoms with Crippen LogP contribution in [-0.2, 0) is 44.0 Å². The van der Waals surface area contributed by atoms with Crippen molar-refractivity contribution in [2.24, 2.45) is 0 Å². The van der Waals surface area contributed by atoms with E-state index >= 15 is 0 Å². The van der Waals surface area contributed by atoms with Gasteiger partial charge in [-0.05, 0) is 135 Å². The number of aromatic nitrogens is 8. The van der Waals surface area contributed by atoms with Gasteiger partial charge in [-0.3, -0.25) is 9.76 Å². The quantitative estimate of drug-likeness (QED) is 0.0199. The van der Waals surface area contributed by atoms with Crippen molar-refractivity contribution in [1.82, 2.24) is 86.0 Å². The molecule has 0 saturated carbocycles. The van der Waals surface area contributed by atoms with E-state index in [0.29, 0.717) is 74.8 Å². The summed E-state index contributed by atoms with van der Waals surface area (Å²) in [5.41, 5.74) is 0. The molecule has 0 radical (unpaired) electrons. The Morgan fingerprint density at radius 1 is 0.405 bits per heavy atom. The molecule has 0 spiro atoms. The second kappa shape index (κ2) is 43.2. The number of urea groups is 4. The average molecular weight is 1770 g/mol. The fourth-order valence-corrected chi connectivity index (χ4v) is 22.2. The van der Waals surface area contributed by atoms with E-state index in [9.17, 15) is 58.7 Å². The van der Waals surface area contributed by atoms with Gasteiger partial charge in [0.05, 0.1) is 74.5 Å². The number of amides is 8. The first-order chi connectivity index (χ1) is 54.2. The van der Waals surface area contributed by atoms with Crippen LogP contribution in [0.4, 0.5) is 39.7 Å². The number of anilines is 4. The molecule has 47 heteroatoms. The van der Waals surface area contributed by atoms with Crippen molar-refractivity contribution in [3.05, 3.63) is 20.0 Å². The number of rotatable bonds is 26. The second-order valence-electron chi connectivity index (χ2n) is 30.7. The Labute approximate surface area is 720 Å². The molecule has 12 saturated heterocycles. The molecule has 3 N–H and O–H groups in total. The van der Waals surface area contributed by atoms with Gasteiger partial charge in [0.15, 0.2) is 0 Å². The minimum atomic E-state index is -4.98. The minimum Gasteiger partial charge on any atom is -0.724 e. The molecule has 8 bridgehead atoms. The van der Waals surface area contributed by atoms with Crippen molar-refractivity contribution in [3.63, 3.8) is 0 Å². The van der Waals surface area contributed by atoms with Gasteiger partial charge in [-0.15, -0.1) is 45.1 Å². The Balaban J connectivity index is 0.000000166. The van der Waals surface area contributed by atoms with E-state index in [4.69, 9.17) is 4.55 Å². The van der Waals surface area contributed by atoms with Gasteiger partial charge in [-0.2, -0.15) is 32.2 Å². The van der Waals surface area contributed by atoms with Gasteiger partial charge in [-0.25, -0.2) is 41.1 Å². The van der Waals surface area contributed by atoms with Crippen molar-refractivity contribution < 1.29 is 110 Å². The Kier molecular flexibility index (Phi) is 35.3. The number of nitrogens with zero attached hydrogens (tertiary/aromatic N) is 21. The van der Waals surface area contributed by atoms with Crippen LogP contribution in [0.5, 0.6) is 0 Å². The maximum Gasteiger partial charge on any atom is 1.00 e. The molecule has 39 nitrogen and oxygen atoms in total. The zero-order chi connectivity index (χ0) is 80.2. The summed E-state index contributed by atoms with van der Waals surface area (Å²) in [5.74, 6) is 0. The predicted octanol–water partition coefficient (Wildman–Crippen LogP) is 6.48. The molecule has 4 aromatic heterocycles. The molecule has 4 aromatic rings. The standard InChI is InChI=1S/C16H36N.2C13H19N5O5S2.C13H19N5O2S.C12H18N6O5S2.2CH4.Na/c1-5-9-13-17(14-10-6-2,15-11-7-3)16-12-8-4;2*19-13-17-8-9(18(13)23-25(20,21)22)4-5-10(17)11-14-15-12(24-11)16-6-2-1-3-7-16;19-13-17-8-9(18(13)20)4-5-10(17)11-14-15-12(21-11)16-6-2-1-3-7-16;19-12-17-7-8(18(12)23-25(20,21)22)1-2-9(17)10-14-15-11(24-10)16-5-3-13-4-6-16;;;/h5-16H2,1-4H3;2*9-10H,1-8H2,(H,20,21,22);9-10,20H,1-8H2;8-9,13H,1-7H2,(H,20,21,22);2*1H4;/q+1;;;;;;;+1/p-2/t;3*9-,10+;8-,9+;;;/m.1111.../s1. The number of hydrogen-bond donors (Lipinski definition) is 3. The van der Waals surface area contributed by atoms with Crippen LogP contribution < -0.4 is 54.5 Å². The number of hydrogen-bond acceptors (Lipinski definition) is 33. The van der Waals surface area contributed by atoms with Crippen LogP contribution in [0.1, 0.15) is 247 Å². The van der Waals surface area contributed by atoms with E-state index < -0.39 is 67.4 Å². The van der Waals surface area contributed by atoms with Gasteiger partial charge in [0.25, 0.3) is 0 Å². The molecule has 0 aromatic carbocycles. The molecule has 12 aliphatic rings. The minimum absolute atomic E-state index is 0. The number of quaternary nitrogens is 1. The first-order valence-corrected chi connectivity index (χ1v) is 47.5. The summed E-state index contributed by atoms with van der Waals surface area (Å²) in [6.07, 6.45) is 27.0. The number of fused-ring (bicyclic) bond motifs is 8. The number of nitrogens with one attached hydrogen (secondary N) is 1. The summed E-state index contributed by atoms with van der Waals surface area (Å²) in [5, 5.41) is 56.8. The maximum atomic E-state index is 12.4. The Morgan fingerprint density at radius 3 is 0.957 bits per heavy atom. The van der Waals surface area contributed by atoms with Gasteiger partial charge in [-0.1, -0.05) is 114 Å². The fraction of sp³-hybridized carbons (Fsp3) is 0.826. The Hall–Kier alpha value is -4.99. The number of hydroxylamine groups is 8. The van der Waals surface area contributed by atoms with Crippen LogP contribution in [-0.4, -0.2) is 295 Å². The molecule has 0 aliphatic carbocycles. The Morgan fingerprint density at radius 2 is 0.672 bits per heavy atom. The summed E-state index contributed by atoms with van der Waals surface area (Å²) >= 11 is 5.99. The van der Waals surface area contributed by atoms with Crippen molar-refractivity contribution in [1.29, 1.82) is 0 Å². The van der Waals surface area contributed by atoms with Crippen LogP contribution in [0, 0.1) is 0 Å². The average Bonchev–Trinajstić information content (AvgIpc) is 1.63. The second-order valence-corrected chi connectivity index (χ2v) is 37.6. The number of carbonyl (C=O) groups excluding carboxylic acids is 4. The molecule has 648 valence electrons. The zero-order valence-corrected chi connectivity index (χ0v) is 73.5. The molecule has 16 heterocycles.